The molecule has 0 atom stereocenters. The van der Waals surface area contributed by atoms with Crippen molar-refractivity contribution in [2.75, 3.05) is 30.3 Å². The zero-order valence-electron chi connectivity index (χ0n) is 14.0. The van der Waals surface area contributed by atoms with Crippen LogP contribution in [0.2, 0.25) is 0 Å². The number of rotatable bonds is 5. The molecule has 6 nitrogen and oxygen atoms in total. The number of hydrogen-bond acceptors (Lipinski definition) is 3. The van der Waals surface area contributed by atoms with Crippen LogP contribution in [0.4, 0.5) is 29.5 Å². The molecule has 0 spiro atoms. The summed E-state index contributed by atoms with van der Waals surface area (Å²) in [4.78, 5) is 13.9. The van der Waals surface area contributed by atoms with Crippen LogP contribution in [0.5, 0.6) is 0 Å². The molecule has 1 aliphatic rings. The van der Waals surface area contributed by atoms with Crippen molar-refractivity contribution in [3.8, 4) is 0 Å². The van der Waals surface area contributed by atoms with Gasteiger partial charge in [0.2, 0.25) is 0 Å². The van der Waals surface area contributed by atoms with Crippen LogP contribution in [0.15, 0.2) is 36.5 Å². The smallest absolute Gasteiger partial charge is 0.308 e. The summed E-state index contributed by atoms with van der Waals surface area (Å²) in [5.41, 5.74) is 0.342. The first-order valence-corrected chi connectivity index (χ1v) is 8.39. The minimum absolute atomic E-state index is 0.0309. The number of benzene rings is 1. The molecule has 0 aliphatic carbocycles. The Morgan fingerprint density at radius 3 is 2.69 bits per heavy atom. The number of carbonyl (C=O) groups is 1. The van der Waals surface area contributed by atoms with E-state index in [-0.39, 0.29) is 12.6 Å². The number of nitrogens with one attached hydrogen (secondary N) is 2. The van der Waals surface area contributed by atoms with Crippen LogP contribution in [0.3, 0.4) is 0 Å². The molecule has 2 heterocycles. The zero-order valence-corrected chi connectivity index (χ0v) is 14.0. The van der Waals surface area contributed by atoms with Gasteiger partial charge in [0.1, 0.15) is 11.6 Å². The molecule has 2 amide bonds. The van der Waals surface area contributed by atoms with Crippen LogP contribution in [0, 0.1) is 5.82 Å². The predicted octanol–water partition coefficient (Wildman–Crippen LogP) is 3.57. The second kappa shape index (κ2) is 8.22. The van der Waals surface area contributed by atoms with Gasteiger partial charge >= 0.3 is 6.03 Å². The highest BCUT2D eigenvalue weighted by Crippen LogP contribution is 2.25. The summed E-state index contributed by atoms with van der Waals surface area (Å²) in [5, 5.41) is 9.50. The average Bonchev–Trinajstić information content (AvgIpc) is 3.03. The van der Waals surface area contributed by atoms with Gasteiger partial charge in [-0.25, -0.2) is 22.6 Å². The van der Waals surface area contributed by atoms with E-state index in [9.17, 15) is 18.0 Å². The number of anilines is 2. The van der Waals surface area contributed by atoms with Crippen molar-refractivity contribution < 1.29 is 18.0 Å². The van der Waals surface area contributed by atoms with E-state index in [1.165, 1.54) is 18.2 Å². The number of urea groups is 1. The van der Waals surface area contributed by atoms with E-state index in [0.29, 0.717) is 37.4 Å². The summed E-state index contributed by atoms with van der Waals surface area (Å²) in [6, 6.07) is 6.78. The maximum absolute atomic E-state index is 13.2. The Morgan fingerprint density at radius 2 is 2.00 bits per heavy atom. The van der Waals surface area contributed by atoms with Crippen molar-refractivity contribution in [1.82, 2.24) is 14.7 Å². The number of piperidine rings is 1. The molecule has 9 heteroatoms. The number of halogens is 3. The Balaban J connectivity index is 1.58. The van der Waals surface area contributed by atoms with Crippen molar-refractivity contribution in [2.45, 2.75) is 25.3 Å². The highest BCUT2D eigenvalue weighted by molar-refractivity contribution is 5.99. The molecule has 1 aliphatic heterocycles. The lowest BCUT2D eigenvalue weighted by molar-refractivity contribution is 0.0692. The topological polar surface area (TPSA) is 62.2 Å². The number of hydrogen-bond donors (Lipinski definition) is 2. The molecule has 0 bridgehead atoms. The maximum atomic E-state index is 13.2. The average molecular weight is 367 g/mol. The number of alkyl halides is 2. The Labute approximate surface area is 149 Å². The molecule has 1 saturated heterocycles. The van der Waals surface area contributed by atoms with Crippen molar-refractivity contribution in [2.24, 2.45) is 0 Å². The van der Waals surface area contributed by atoms with Gasteiger partial charge in [-0.2, -0.15) is 5.10 Å². The minimum atomic E-state index is -2.33. The highest BCUT2D eigenvalue weighted by atomic mass is 19.3. The van der Waals surface area contributed by atoms with Gasteiger partial charge in [-0.1, -0.05) is 6.07 Å². The summed E-state index contributed by atoms with van der Waals surface area (Å²) in [7, 11) is 0. The van der Waals surface area contributed by atoms with Gasteiger partial charge in [0, 0.05) is 24.8 Å². The number of nitrogens with zero attached hydrogens (tertiary/aromatic N) is 3. The summed E-state index contributed by atoms with van der Waals surface area (Å²) in [6.45, 7) is 0.903. The molecule has 26 heavy (non-hydrogen) atoms. The molecule has 1 aromatic heterocycles. The summed E-state index contributed by atoms with van der Waals surface area (Å²) in [6.07, 6.45) is 0.590. The van der Waals surface area contributed by atoms with E-state index in [1.54, 1.807) is 27.9 Å². The third kappa shape index (κ3) is 4.75. The van der Waals surface area contributed by atoms with Crippen molar-refractivity contribution in [3.05, 3.63) is 42.3 Å². The Hall–Kier alpha value is -2.55. The molecular formula is C17H20F3N5O. The van der Waals surface area contributed by atoms with Crippen LogP contribution in [0.1, 0.15) is 18.9 Å². The van der Waals surface area contributed by atoms with Gasteiger partial charge in [-0.3, -0.25) is 10.2 Å². The fourth-order valence-electron chi connectivity index (χ4n) is 3.09. The summed E-state index contributed by atoms with van der Waals surface area (Å²) >= 11 is 0. The normalized spacial score (nSPS) is 16.0. The summed E-state index contributed by atoms with van der Waals surface area (Å²) < 4.78 is 39.8. The van der Waals surface area contributed by atoms with E-state index in [0.717, 1.165) is 0 Å². The maximum Gasteiger partial charge on any atom is 0.324 e. The monoisotopic (exact) mass is 367 g/mol. The van der Waals surface area contributed by atoms with Crippen molar-refractivity contribution in [1.29, 1.82) is 0 Å². The van der Waals surface area contributed by atoms with Gasteiger partial charge in [-0.15, -0.1) is 0 Å². The fraction of sp³-hybridized carbons (Fsp3) is 0.412. The first-order valence-electron chi connectivity index (χ1n) is 8.39. The molecule has 140 valence electrons. The Morgan fingerprint density at radius 1 is 1.23 bits per heavy atom. The molecule has 0 saturated carbocycles. The van der Waals surface area contributed by atoms with Gasteiger partial charge < -0.3 is 5.32 Å². The van der Waals surface area contributed by atoms with Crippen LogP contribution in [0.25, 0.3) is 0 Å². The van der Waals surface area contributed by atoms with E-state index < -0.39 is 18.3 Å². The minimum Gasteiger partial charge on any atom is -0.308 e. The SMILES string of the molecule is O=C(Nc1cccc(F)c1)Nc1ccnn1C1CCN(CC(F)F)CC1. The Kier molecular flexibility index (Phi) is 5.77. The lowest BCUT2D eigenvalue weighted by Crippen LogP contribution is -2.38. The van der Waals surface area contributed by atoms with Crippen LogP contribution in [-0.2, 0) is 0 Å². The van der Waals surface area contributed by atoms with E-state index >= 15 is 0 Å². The fourth-order valence-corrected chi connectivity index (χ4v) is 3.09. The van der Waals surface area contributed by atoms with Crippen molar-refractivity contribution in [3.63, 3.8) is 0 Å². The van der Waals surface area contributed by atoms with Crippen LogP contribution in [-0.4, -0.2) is 46.8 Å². The molecule has 1 fully saturated rings. The van der Waals surface area contributed by atoms with Gasteiger partial charge in [0.25, 0.3) is 6.43 Å². The van der Waals surface area contributed by atoms with E-state index in [4.69, 9.17) is 0 Å². The first-order chi connectivity index (χ1) is 12.5. The number of carbonyl (C=O) groups excluding carboxylic acids is 1. The van der Waals surface area contributed by atoms with Gasteiger partial charge in [0.05, 0.1) is 18.8 Å². The van der Waals surface area contributed by atoms with Gasteiger partial charge in [0.15, 0.2) is 0 Å². The van der Waals surface area contributed by atoms with E-state index in [2.05, 4.69) is 15.7 Å². The van der Waals surface area contributed by atoms with Crippen molar-refractivity contribution >= 4 is 17.5 Å². The highest BCUT2D eigenvalue weighted by Gasteiger charge is 2.24. The number of aromatic nitrogens is 2. The molecule has 3 rings (SSSR count). The number of amides is 2. The second-order valence-corrected chi connectivity index (χ2v) is 6.17. The van der Waals surface area contributed by atoms with Gasteiger partial charge in [-0.05, 0) is 31.0 Å². The first kappa shape index (κ1) is 18.2. The summed E-state index contributed by atoms with van der Waals surface area (Å²) in [5.74, 6) is 0.0645. The molecule has 1 aromatic carbocycles. The number of likely N-dealkylation sites (tertiary alicyclic amines) is 1. The third-order valence-corrected chi connectivity index (χ3v) is 4.29. The lowest BCUT2D eigenvalue weighted by atomic mass is 10.1. The predicted molar refractivity (Wildman–Crippen MR) is 92.0 cm³/mol. The lowest BCUT2D eigenvalue weighted by Gasteiger charge is -2.32. The Bertz CT molecular complexity index is 744. The third-order valence-electron chi connectivity index (χ3n) is 4.29. The molecule has 2 aromatic rings. The second-order valence-electron chi connectivity index (χ2n) is 6.17. The molecular weight excluding hydrogens is 347 g/mol. The quantitative estimate of drug-likeness (QED) is 0.849. The standard InChI is InChI=1S/C17H20F3N5O/c18-12-2-1-3-13(10-12)22-17(26)23-16-4-7-21-25(16)14-5-8-24(9-6-14)11-15(19)20/h1-4,7,10,14-15H,5-6,8-9,11H2,(H2,22,23,26). The zero-order chi connectivity index (χ0) is 18.5. The van der Waals surface area contributed by atoms with Crippen LogP contribution >= 0.6 is 0 Å². The molecule has 0 radical (unpaired) electrons. The van der Waals surface area contributed by atoms with Crippen LogP contribution < -0.4 is 10.6 Å². The molecule has 2 N–H and O–H groups in total. The molecule has 0 unspecified atom stereocenters. The largest absolute Gasteiger partial charge is 0.324 e. The van der Waals surface area contributed by atoms with E-state index in [1.807, 2.05) is 0 Å².